The number of urea groups is 1. The summed E-state index contributed by atoms with van der Waals surface area (Å²) in [5, 5.41) is 14.3. The van der Waals surface area contributed by atoms with E-state index in [1.54, 1.807) is 13.0 Å². The number of alkyl halides is 3. The Kier molecular flexibility index (Phi) is 7.15. The molecule has 2 atom stereocenters. The molecule has 0 aliphatic heterocycles. The lowest BCUT2D eigenvalue weighted by molar-refractivity contribution is -0.274. The maximum Gasteiger partial charge on any atom is 0.573 e. The number of halogens is 3. The molecule has 0 saturated carbocycles. The first-order valence-corrected chi connectivity index (χ1v) is 7.20. The average Bonchev–Trinajstić information content (AvgIpc) is 2.42. The molecule has 0 aromatic heterocycles. The third-order valence-corrected chi connectivity index (χ3v) is 2.99. The number of aliphatic hydroxyl groups excluding tert-OH is 1. The van der Waals surface area contributed by atoms with Crippen molar-refractivity contribution in [2.75, 3.05) is 6.54 Å². The second kappa shape index (κ2) is 8.61. The largest absolute Gasteiger partial charge is 0.573 e. The van der Waals surface area contributed by atoms with E-state index in [1.165, 1.54) is 18.2 Å². The Morgan fingerprint density at radius 3 is 2.52 bits per heavy atom. The first-order chi connectivity index (χ1) is 10.7. The molecule has 5 nitrogen and oxygen atoms in total. The lowest BCUT2D eigenvalue weighted by Gasteiger charge is -2.16. The predicted molar refractivity (Wildman–Crippen MR) is 78.8 cm³/mol. The third-order valence-electron chi connectivity index (χ3n) is 2.99. The molecule has 0 aliphatic carbocycles. The number of aliphatic hydroxyl groups is 1. The first-order valence-electron chi connectivity index (χ1n) is 7.20. The van der Waals surface area contributed by atoms with Crippen LogP contribution in [0.2, 0.25) is 0 Å². The molecule has 0 saturated heterocycles. The van der Waals surface area contributed by atoms with E-state index < -0.39 is 18.5 Å². The molecule has 0 bridgehead atoms. The number of benzene rings is 1. The minimum atomic E-state index is -4.78. The standard InChI is InChI=1S/C15H21F3N2O3/c1-10(7-11(2)21)8-19-14(22)20-9-12-5-3-4-6-13(12)23-15(16,17)18/h3-6,10-11,21H,7-9H2,1-2H3,(H2,19,20,22). The highest BCUT2D eigenvalue weighted by Crippen LogP contribution is 2.25. The molecule has 0 aliphatic rings. The second-order valence-corrected chi connectivity index (χ2v) is 5.41. The second-order valence-electron chi connectivity index (χ2n) is 5.41. The van der Waals surface area contributed by atoms with Crippen LogP contribution in [-0.4, -0.2) is 30.1 Å². The summed E-state index contributed by atoms with van der Waals surface area (Å²) in [4.78, 5) is 11.7. The van der Waals surface area contributed by atoms with Crippen LogP contribution in [0.4, 0.5) is 18.0 Å². The molecule has 0 radical (unpaired) electrons. The number of hydrogen-bond donors (Lipinski definition) is 3. The van der Waals surface area contributed by atoms with Crippen molar-refractivity contribution in [3.05, 3.63) is 29.8 Å². The van der Waals surface area contributed by atoms with Crippen LogP contribution in [-0.2, 0) is 6.54 Å². The van der Waals surface area contributed by atoms with Gasteiger partial charge in [0.05, 0.1) is 6.10 Å². The van der Waals surface area contributed by atoms with E-state index in [4.69, 9.17) is 0 Å². The zero-order chi connectivity index (χ0) is 17.5. The fraction of sp³-hybridized carbons (Fsp3) is 0.533. The molecule has 1 aromatic rings. The monoisotopic (exact) mass is 334 g/mol. The number of amides is 2. The van der Waals surface area contributed by atoms with Crippen molar-refractivity contribution >= 4 is 6.03 Å². The van der Waals surface area contributed by atoms with Crippen molar-refractivity contribution < 1.29 is 27.8 Å². The quantitative estimate of drug-likeness (QED) is 0.718. The Balaban J connectivity index is 2.47. The fourth-order valence-corrected chi connectivity index (χ4v) is 2.04. The number of carbonyl (C=O) groups excluding carboxylic acids is 1. The SMILES string of the molecule is CC(O)CC(C)CNC(=O)NCc1ccccc1OC(F)(F)F. The predicted octanol–water partition coefficient (Wildman–Crippen LogP) is 2.79. The van der Waals surface area contributed by atoms with Crippen LogP contribution >= 0.6 is 0 Å². The smallest absolute Gasteiger partial charge is 0.405 e. The van der Waals surface area contributed by atoms with Crippen LogP contribution in [0.5, 0.6) is 5.75 Å². The molecule has 3 N–H and O–H groups in total. The summed E-state index contributed by atoms with van der Waals surface area (Å²) in [5.74, 6) is -0.260. The minimum absolute atomic E-state index is 0.0848. The fourth-order valence-electron chi connectivity index (χ4n) is 2.04. The summed E-state index contributed by atoms with van der Waals surface area (Å²) in [5.41, 5.74) is 0.219. The van der Waals surface area contributed by atoms with Gasteiger partial charge in [0.1, 0.15) is 5.75 Å². The zero-order valence-electron chi connectivity index (χ0n) is 13.0. The molecule has 2 amide bonds. The van der Waals surface area contributed by atoms with E-state index in [9.17, 15) is 23.1 Å². The summed E-state index contributed by atoms with van der Waals surface area (Å²) in [6, 6.07) is 5.11. The van der Waals surface area contributed by atoms with Crippen LogP contribution in [0.3, 0.4) is 0 Å². The molecule has 1 aromatic carbocycles. The Morgan fingerprint density at radius 2 is 1.91 bits per heavy atom. The summed E-state index contributed by atoms with van der Waals surface area (Å²) >= 11 is 0. The van der Waals surface area contributed by atoms with Gasteiger partial charge in [-0.2, -0.15) is 0 Å². The number of hydrogen-bond acceptors (Lipinski definition) is 3. The molecule has 0 spiro atoms. The van der Waals surface area contributed by atoms with Gasteiger partial charge in [0.2, 0.25) is 0 Å². The van der Waals surface area contributed by atoms with Crippen molar-refractivity contribution in [3.8, 4) is 5.75 Å². The first kappa shape index (κ1) is 19.1. The van der Waals surface area contributed by atoms with E-state index in [-0.39, 0.29) is 23.8 Å². The minimum Gasteiger partial charge on any atom is -0.405 e. The maximum absolute atomic E-state index is 12.3. The van der Waals surface area contributed by atoms with Gasteiger partial charge < -0.3 is 20.5 Å². The van der Waals surface area contributed by atoms with E-state index in [0.29, 0.717) is 13.0 Å². The molecule has 23 heavy (non-hydrogen) atoms. The van der Waals surface area contributed by atoms with Gasteiger partial charge in [0.25, 0.3) is 0 Å². The van der Waals surface area contributed by atoms with E-state index in [2.05, 4.69) is 15.4 Å². The highest BCUT2D eigenvalue weighted by Gasteiger charge is 2.31. The average molecular weight is 334 g/mol. The Bertz CT molecular complexity index is 507. The summed E-state index contributed by atoms with van der Waals surface area (Å²) in [7, 11) is 0. The van der Waals surface area contributed by atoms with Gasteiger partial charge >= 0.3 is 12.4 Å². The topological polar surface area (TPSA) is 70.6 Å². The van der Waals surface area contributed by atoms with E-state index >= 15 is 0 Å². The summed E-state index contributed by atoms with van der Waals surface area (Å²) < 4.78 is 40.8. The van der Waals surface area contributed by atoms with Crippen LogP contribution in [0, 0.1) is 5.92 Å². The van der Waals surface area contributed by atoms with Crippen molar-refractivity contribution in [3.63, 3.8) is 0 Å². The molecule has 2 unspecified atom stereocenters. The van der Waals surface area contributed by atoms with Crippen molar-refractivity contribution in [2.24, 2.45) is 5.92 Å². The molecule has 8 heteroatoms. The molecular weight excluding hydrogens is 313 g/mol. The Morgan fingerprint density at radius 1 is 1.26 bits per heavy atom. The summed E-state index contributed by atoms with van der Waals surface area (Å²) in [6.07, 6.45) is -4.70. The van der Waals surface area contributed by atoms with Crippen molar-refractivity contribution in [1.82, 2.24) is 10.6 Å². The molecular formula is C15H21F3N2O3. The Hall–Kier alpha value is -1.96. The Labute approximate surface area is 132 Å². The van der Waals surface area contributed by atoms with Gasteiger partial charge in [-0.05, 0) is 25.3 Å². The van der Waals surface area contributed by atoms with Gasteiger partial charge in [-0.1, -0.05) is 25.1 Å². The molecule has 1 rings (SSSR count). The van der Waals surface area contributed by atoms with Gasteiger partial charge in [0, 0.05) is 18.7 Å². The molecule has 130 valence electrons. The highest BCUT2D eigenvalue weighted by molar-refractivity contribution is 5.73. The number of carbonyl (C=O) groups is 1. The van der Waals surface area contributed by atoms with E-state index in [0.717, 1.165) is 0 Å². The van der Waals surface area contributed by atoms with Gasteiger partial charge in [-0.25, -0.2) is 4.79 Å². The lowest BCUT2D eigenvalue weighted by atomic mass is 10.1. The van der Waals surface area contributed by atoms with E-state index in [1.807, 2.05) is 6.92 Å². The normalized spacial score (nSPS) is 14.0. The van der Waals surface area contributed by atoms with Crippen molar-refractivity contribution in [1.29, 1.82) is 0 Å². The lowest BCUT2D eigenvalue weighted by Crippen LogP contribution is -2.38. The zero-order valence-corrected chi connectivity index (χ0v) is 13.0. The van der Waals surface area contributed by atoms with Crippen LogP contribution in [0.1, 0.15) is 25.8 Å². The number of nitrogens with one attached hydrogen (secondary N) is 2. The van der Waals surface area contributed by atoms with Crippen LogP contribution < -0.4 is 15.4 Å². The molecule has 0 fully saturated rings. The van der Waals surface area contributed by atoms with Gasteiger partial charge in [-0.15, -0.1) is 13.2 Å². The van der Waals surface area contributed by atoms with Gasteiger partial charge in [-0.3, -0.25) is 0 Å². The molecule has 0 heterocycles. The highest BCUT2D eigenvalue weighted by atomic mass is 19.4. The number of rotatable bonds is 7. The number of para-hydroxylation sites is 1. The number of ether oxygens (including phenoxy) is 1. The van der Waals surface area contributed by atoms with Crippen LogP contribution in [0.25, 0.3) is 0 Å². The van der Waals surface area contributed by atoms with Gasteiger partial charge in [0.15, 0.2) is 0 Å². The van der Waals surface area contributed by atoms with Crippen molar-refractivity contribution in [2.45, 2.75) is 39.3 Å². The van der Waals surface area contributed by atoms with Crippen LogP contribution in [0.15, 0.2) is 24.3 Å². The third kappa shape index (κ3) is 8.29. The summed E-state index contributed by atoms with van der Waals surface area (Å²) in [6.45, 7) is 3.80. The maximum atomic E-state index is 12.3.